The quantitative estimate of drug-likeness (QED) is 0.646. The number of amides is 1. The lowest BCUT2D eigenvalue weighted by Gasteiger charge is -2.10. The first-order valence-electron chi connectivity index (χ1n) is 4.78. The molecule has 0 aliphatic carbocycles. The molecular formula is C11H13NO2. The number of hydrogen-bond acceptors (Lipinski definition) is 2. The van der Waals surface area contributed by atoms with Crippen molar-refractivity contribution in [2.75, 3.05) is 6.54 Å². The molecule has 1 aromatic rings. The van der Waals surface area contributed by atoms with Crippen molar-refractivity contribution in [1.29, 1.82) is 0 Å². The zero-order valence-corrected chi connectivity index (χ0v) is 8.08. The van der Waals surface area contributed by atoms with Crippen molar-refractivity contribution < 1.29 is 9.90 Å². The predicted molar refractivity (Wildman–Crippen MR) is 53.2 cm³/mol. The molecule has 0 radical (unpaired) electrons. The van der Waals surface area contributed by atoms with Crippen LogP contribution in [-0.2, 0) is 11.2 Å². The maximum absolute atomic E-state index is 11.5. The number of phenolic OH excluding ortho intramolecular Hbond substituents is 1. The second-order valence-electron chi connectivity index (χ2n) is 3.65. The van der Waals surface area contributed by atoms with Crippen molar-refractivity contribution in [3.05, 3.63) is 29.3 Å². The number of rotatable bonds is 0. The molecule has 0 bridgehead atoms. The third-order valence-electron chi connectivity index (χ3n) is 2.68. The average Bonchev–Trinajstić information content (AvgIpc) is 2.30. The minimum atomic E-state index is -0.167. The molecule has 1 heterocycles. The molecule has 3 nitrogen and oxygen atoms in total. The Bertz CT molecular complexity index is 374. The van der Waals surface area contributed by atoms with Gasteiger partial charge in [0.05, 0.1) is 5.92 Å². The van der Waals surface area contributed by atoms with Crippen LogP contribution in [0.25, 0.3) is 0 Å². The van der Waals surface area contributed by atoms with E-state index in [0.717, 1.165) is 17.5 Å². The fraction of sp³-hybridized carbons (Fsp3) is 0.364. The van der Waals surface area contributed by atoms with Crippen LogP contribution < -0.4 is 5.32 Å². The number of nitrogens with one attached hydrogen (secondary N) is 1. The van der Waals surface area contributed by atoms with Crippen LogP contribution in [0.4, 0.5) is 0 Å². The molecule has 74 valence electrons. The van der Waals surface area contributed by atoms with Gasteiger partial charge in [0, 0.05) is 6.54 Å². The molecule has 3 heteroatoms. The molecule has 2 rings (SSSR count). The van der Waals surface area contributed by atoms with E-state index in [9.17, 15) is 9.90 Å². The van der Waals surface area contributed by atoms with Crippen LogP contribution in [0.2, 0.25) is 0 Å². The van der Waals surface area contributed by atoms with E-state index in [1.165, 1.54) is 0 Å². The lowest BCUT2D eigenvalue weighted by Crippen LogP contribution is -2.26. The van der Waals surface area contributed by atoms with Crippen molar-refractivity contribution in [2.45, 2.75) is 19.3 Å². The Morgan fingerprint density at radius 2 is 2.29 bits per heavy atom. The number of carbonyl (C=O) groups excluding carboxylic acids is 1. The van der Waals surface area contributed by atoms with Gasteiger partial charge < -0.3 is 10.4 Å². The number of aromatic hydroxyl groups is 1. The van der Waals surface area contributed by atoms with Gasteiger partial charge in [-0.25, -0.2) is 0 Å². The van der Waals surface area contributed by atoms with E-state index in [2.05, 4.69) is 5.32 Å². The Balaban J connectivity index is 2.49. The first kappa shape index (κ1) is 9.06. The van der Waals surface area contributed by atoms with Gasteiger partial charge in [0.2, 0.25) is 5.91 Å². The highest BCUT2D eigenvalue weighted by Crippen LogP contribution is 2.26. The summed E-state index contributed by atoms with van der Waals surface area (Å²) in [6.45, 7) is 2.54. The first-order valence-corrected chi connectivity index (χ1v) is 4.78. The standard InChI is InChI=1S/C11H13NO2/c1-7-10-6-9(13)3-2-8(10)4-5-12-11(7)14/h2-3,6-7,13H,4-5H2,1H3,(H,12,14). The van der Waals surface area contributed by atoms with Gasteiger partial charge in [-0.05, 0) is 36.6 Å². The summed E-state index contributed by atoms with van der Waals surface area (Å²) < 4.78 is 0. The van der Waals surface area contributed by atoms with Crippen LogP contribution in [-0.4, -0.2) is 17.6 Å². The summed E-state index contributed by atoms with van der Waals surface area (Å²) in [6, 6.07) is 5.24. The lowest BCUT2D eigenvalue weighted by atomic mass is 9.95. The van der Waals surface area contributed by atoms with Gasteiger partial charge in [0.25, 0.3) is 0 Å². The zero-order valence-electron chi connectivity index (χ0n) is 8.08. The highest BCUT2D eigenvalue weighted by atomic mass is 16.3. The molecule has 0 aromatic heterocycles. The van der Waals surface area contributed by atoms with E-state index >= 15 is 0 Å². The third-order valence-corrected chi connectivity index (χ3v) is 2.68. The summed E-state index contributed by atoms with van der Waals surface area (Å²) in [5.41, 5.74) is 2.09. The lowest BCUT2D eigenvalue weighted by molar-refractivity contribution is -0.121. The maximum Gasteiger partial charge on any atom is 0.227 e. The van der Waals surface area contributed by atoms with Crippen LogP contribution in [0.15, 0.2) is 18.2 Å². The molecule has 0 spiro atoms. The predicted octanol–water partition coefficient (Wildman–Crippen LogP) is 1.17. The molecule has 14 heavy (non-hydrogen) atoms. The number of phenols is 1. The van der Waals surface area contributed by atoms with Crippen LogP contribution >= 0.6 is 0 Å². The van der Waals surface area contributed by atoms with Gasteiger partial charge in [-0.15, -0.1) is 0 Å². The summed E-state index contributed by atoms with van der Waals surface area (Å²) in [6.07, 6.45) is 0.839. The van der Waals surface area contributed by atoms with Crippen molar-refractivity contribution >= 4 is 5.91 Å². The molecule has 1 aromatic carbocycles. The summed E-state index contributed by atoms with van der Waals surface area (Å²) >= 11 is 0. The highest BCUT2D eigenvalue weighted by molar-refractivity contribution is 5.84. The van der Waals surface area contributed by atoms with Gasteiger partial charge >= 0.3 is 0 Å². The Labute approximate surface area is 82.8 Å². The third kappa shape index (κ3) is 1.45. The molecule has 1 atom stereocenters. The molecule has 1 unspecified atom stereocenters. The van der Waals surface area contributed by atoms with E-state index in [4.69, 9.17) is 0 Å². The van der Waals surface area contributed by atoms with Crippen molar-refractivity contribution in [3.8, 4) is 5.75 Å². The van der Waals surface area contributed by atoms with Gasteiger partial charge in [-0.2, -0.15) is 0 Å². The Kier molecular flexibility index (Phi) is 2.15. The topological polar surface area (TPSA) is 49.3 Å². The second kappa shape index (κ2) is 3.33. The summed E-state index contributed by atoms with van der Waals surface area (Å²) in [7, 11) is 0. The first-order chi connectivity index (χ1) is 6.68. The fourth-order valence-corrected chi connectivity index (χ4v) is 1.83. The molecular weight excluding hydrogens is 178 g/mol. The molecule has 0 saturated carbocycles. The average molecular weight is 191 g/mol. The van der Waals surface area contributed by atoms with Crippen LogP contribution in [0.3, 0.4) is 0 Å². The molecule has 1 aliphatic heterocycles. The number of benzene rings is 1. The fourth-order valence-electron chi connectivity index (χ4n) is 1.83. The van der Waals surface area contributed by atoms with Crippen LogP contribution in [0.1, 0.15) is 24.0 Å². The zero-order chi connectivity index (χ0) is 10.1. The van der Waals surface area contributed by atoms with E-state index in [0.29, 0.717) is 6.54 Å². The smallest absolute Gasteiger partial charge is 0.227 e. The Morgan fingerprint density at radius 3 is 3.07 bits per heavy atom. The van der Waals surface area contributed by atoms with E-state index in [1.807, 2.05) is 13.0 Å². The molecule has 1 aliphatic rings. The Morgan fingerprint density at radius 1 is 1.50 bits per heavy atom. The monoisotopic (exact) mass is 191 g/mol. The van der Waals surface area contributed by atoms with Gasteiger partial charge in [0.15, 0.2) is 0 Å². The SMILES string of the molecule is CC1C(=O)NCCc2ccc(O)cc21. The molecule has 0 saturated heterocycles. The number of hydrogen-bond donors (Lipinski definition) is 2. The number of fused-ring (bicyclic) bond motifs is 1. The van der Waals surface area contributed by atoms with Gasteiger partial charge in [0.1, 0.15) is 5.75 Å². The minimum Gasteiger partial charge on any atom is -0.508 e. The second-order valence-corrected chi connectivity index (χ2v) is 3.65. The maximum atomic E-state index is 11.5. The largest absolute Gasteiger partial charge is 0.508 e. The van der Waals surface area contributed by atoms with Crippen LogP contribution in [0, 0.1) is 0 Å². The number of carbonyl (C=O) groups is 1. The van der Waals surface area contributed by atoms with Gasteiger partial charge in [-0.3, -0.25) is 4.79 Å². The molecule has 0 fully saturated rings. The van der Waals surface area contributed by atoms with E-state index in [-0.39, 0.29) is 17.6 Å². The van der Waals surface area contributed by atoms with Gasteiger partial charge in [-0.1, -0.05) is 6.07 Å². The van der Waals surface area contributed by atoms with Crippen molar-refractivity contribution in [3.63, 3.8) is 0 Å². The van der Waals surface area contributed by atoms with Crippen molar-refractivity contribution in [1.82, 2.24) is 5.32 Å². The summed E-state index contributed by atoms with van der Waals surface area (Å²) in [4.78, 5) is 11.5. The minimum absolute atomic E-state index is 0.0364. The molecule has 2 N–H and O–H groups in total. The Hall–Kier alpha value is -1.51. The van der Waals surface area contributed by atoms with Crippen LogP contribution in [0.5, 0.6) is 5.75 Å². The van der Waals surface area contributed by atoms with Crippen molar-refractivity contribution in [2.24, 2.45) is 0 Å². The summed E-state index contributed by atoms with van der Waals surface area (Å²) in [5.74, 6) is 0.0965. The highest BCUT2D eigenvalue weighted by Gasteiger charge is 2.21. The van der Waals surface area contributed by atoms with E-state index in [1.54, 1.807) is 12.1 Å². The normalized spacial score (nSPS) is 20.9. The summed E-state index contributed by atoms with van der Waals surface area (Å²) in [5, 5.41) is 12.2. The molecule has 1 amide bonds. The van der Waals surface area contributed by atoms with E-state index < -0.39 is 0 Å².